The van der Waals surface area contributed by atoms with Crippen LogP contribution in [0.3, 0.4) is 0 Å². The van der Waals surface area contributed by atoms with Crippen LogP contribution in [0.1, 0.15) is 27.2 Å². The highest BCUT2D eigenvalue weighted by atomic mass is 16.6. The third kappa shape index (κ3) is 7.48. The molecule has 0 radical (unpaired) electrons. The predicted molar refractivity (Wildman–Crippen MR) is 51.5 cm³/mol. The molecular formula is C9H15NO5. The average Bonchev–Trinajstić information content (AvgIpc) is 1.98. The summed E-state index contributed by atoms with van der Waals surface area (Å²) in [7, 11) is 0. The standard InChI is InChI=1S/C9H15NO5/c1-9(2,3)15-8(14)10-6(5-11)4-7(12)13/h5-6H,4H2,1-3H3,(H,10,14)(H,12,13)/t6-/m1/s1. The number of alkyl carbamates (subject to hydrolysis) is 1. The van der Waals surface area contributed by atoms with Gasteiger partial charge in [-0.3, -0.25) is 4.79 Å². The van der Waals surface area contributed by atoms with E-state index in [4.69, 9.17) is 9.84 Å². The van der Waals surface area contributed by atoms with Crippen molar-refractivity contribution < 1.29 is 24.2 Å². The third-order valence-corrected chi connectivity index (χ3v) is 1.26. The lowest BCUT2D eigenvalue weighted by molar-refractivity contribution is -0.138. The Hall–Kier alpha value is -1.59. The number of aldehydes is 1. The normalized spacial score (nSPS) is 12.7. The second kappa shape index (κ2) is 5.33. The molecule has 0 aliphatic heterocycles. The van der Waals surface area contributed by atoms with Crippen molar-refractivity contribution in [2.45, 2.75) is 38.8 Å². The molecule has 0 unspecified atom stereocenters. The van der Waals surface area contributed by atoms with E-state index in [1.54, 1.807) is 20.8 Å². The van der Waals surface area contributed by atoms with E-state index in [1.165, 1.54) is 0 Å². The van der Waals surface area contributed by atoms with E-state index >= 15 is 0 Å². The number of carbonyl (C=O) groups excluding carboxylic acids is 2. The molecule has 6 heteroatoms. The van der Waals surface area contributed by atoms with E-state index < -0.39 is 30.1 Å². The van der Waals surface area contributed by atoms with Gasteiger partial charge >= 0.3 is 12.1 Å². The summed E-state index contributed by atoms with van der Waals surface area (Å²) >= 11 is 0. The van der Waals surface area contributed by atoms with Crippen molar-refractivity contribution >= 4 is 18.3 Å². The van der Waals surface area contributed by atoms with Gasteiger partial charge in [0.25, 0.3) is 0 Å². The molecule has 0 saturated carbocycles. The zero-order chi connectivity index (χ0) is 12.1. The maximum atomic E-state index is 11.1. The molecule has 0 spiro atoms. The lowest BCUT2D eigenvalue weighted by atomic mass is 10.2. The van der Waals surface area contributed by atoms with E-state index in [9.17, 15) is 14.4 Å². The van der Waals surface area contributed by atoms with Crippen molar-refractivity contribution in [2.24, 2.45) is 0 Å². The molecule has 0 bridgehead atoms. The number of rotatable bonds is 4. The largest absolute Gasteiger partial charge is 0.481 e. The molecular weight excluding hydrogens is 202 g/mol. The van der Waals surface area contributed by atoms with Crippen molar-refractivity contribution in [3.8, 4) is 0 Å². The summed E-state index contributed by atoms with van der Waals surface area (Å²) in [6.07, 6.45) is -0.901. The van der Waals surface area contributed by atoms with Crippen LogP contribution in [0.5, 0.6) is 0 Å². The zero-order valence-electron chi connectivity index (χ0n) is 8.94. The summed E-state index contributed by atoms with van der Waals surface area (Å²) < 4.78 is 4.85. The van der Waals surface area contributed by atoms with Crippen molar-refractivity contribution in [1.29, 1.82) is 0 Å². The molecule has 0 aromatic carbocycles. The Morgan fingerprint density at radius 2 is 2.00 bits per heavy atom. The van der Waals surface area contributed by atoms with E-state index in [2.05, 4.69) is 5.32 Å². The number of carboxylic acid groups (broad SMARTS) is 1. The predicted octanol–water partition coefficient (Wildman–Crippen LogP) is 0.553. The van der Waals surface area contributed by atoms with Crippen LogP contribution in [0.15, 0.2) is 0 Å². The summed E-state index contributed by atoms with van der Waals surface area (Å²) in [6, 6.07) is -1.06. The SMILES string of the molecule is CC(C)(C)OC(=O)N[C@@H](C=O)CC(=O)O. The van der Waals surface area contributed by atoms with Crippen molar-refractivity contribution in [1.82, 2.24) is 5.32 Å². The Kier molecular flexibility index (Phi) is 4.77. The van der Waals surface area contributed by atoms with Crippen LogP contribution < -0.4 is 5.32 Å². The minimum Gasteiger partial charge on any atom is -0.481 e. The van der Waals surface area contributed by atoms with Crippen LogP contribution in [-0.4, -0.2) is 35.1 Å². The summed E-state index contributed by atoms with van der Waals surface area (Å²) in [5.74, 6) is -1.16. The van der Waals surface area contributed by atoms with Gasteiger partial charge < -0.3 is 20.0 Å². The Labute approximate surface area is 87.6 Å². The fourth-order valence-electron chi connectivity index (χ4n) is 0.780. The van der Waals surface area contributed by atoms with Crippen LogP contribution in [0.2, 0.25) is 0 Å². The summed E-state index contributed by atoms with van der Waals surface area (Å²) in [5.41, 5.74) is -0.680. The third-order valence-electron chi connectivity index (χ3n) is 1.26. The molecule has 6 nitrogen and oxygen atoms in total. The van der Waals surface area contributed by atoms with Gasteiger partial charge in [0.15, 0.2) is 0 Å². The molecule has 0 fully saturated rings. The van der Waals surface area contributed by atoms with E-state index in [1.807, 2.05) is 0 Å². The first-order valence-electron chi connectivity index (χ1n) is 4.41. The fraction of sp³-hybridized carbons (Fsp3) is 0.667. The topological polar surface area (TPSA) is 92.7 Å². The van der Waals surface area contributed by atoms with Crippen molar-refractivity contribution in [2.75, 3.05) is 0 Å². The van der Waals surface area contributed by atoms with Gasteiger partial charge in [-0.15, -0.1) is 0 Å². The van der Waals surface area contributed by atoms with E-state index in [0.717, 1.165) is 0 Å². The molecule has 0 rings (SSSR count). The number of hydrogen-bond donors (Lipinski definition) is 2. The first-order chi connectivity index (χ1) is 6.74. The molecule has 0 aromatic heterocycles. The molecule has 1 amide bonds. The second-order valence-corrected chi connectivity index (χ2v) is 3.99. The maximum Gasteiger partial charge on any atom is 0.408 e. The molecule has 15 heavy (non-hydrogen) atoms. The van der Waals surface area contributed by atoms with Crippen molar-refractivity contribution in [3.63, 3.8) is 0 Å². The first-order valence-corrected chi connectivity index (χ1v) is 4.41. The molecule has 0 aliphatic rings. The lowest BCUT2D eigenvalue weighted by Gasteiger charge is -2.20. The minimum atomic E-state index is -1.16. The Morgan fingerprint density at radius 3 is 2.33 bits per heavy atom. The highest BCUT2D eigenvalue weighted by molar-refractivity contribution is 5.78. The van der Waals surface area contributed by atoms with Crippen LogP contribution in [0.4, 0.5) is 4.79 Å². The molecule has 0 aliphatic carbocycles. The monoisotopic (exact) mass is 217 g/mol. The number of nitrogens with one attached hydrogen (secondary N) is 1. The van der Waals surface area contributed by atoms with Crippen LogP contribution in [0, 0.1) is 0 Å². The number of amides is 1. The number of carbonyl (C=O) groups is 3. The minimum absolute atomic E-state index is 0.359. The molecule has 2 N–H and O–H groups in total. The van der Waals surface area contributed by atoms with E-state index in [0.29, 0.717) is 6.29 Å². The van der Waals surface area contributed by atoms with Crippen LogP contribution in [0.25, 0.3) is 0 Å². The smallest absolute Gasteiger partial charge is 0.408 e. The van der Waals surface area contributed by atoms with Gasteiger partial charge in [-0.1, -0.05) is 0 Å². The number of aliphatic carboxylic acids is 1. The van der Waals surface area contributed by atoms with Gasteiger partial charge in [0, 0.05) is 0 Å². The maximum absolute atomic E-state index is 11.1. The van der Waals surface area contributed by atoms with Crippen LogP contribution >= 0.6 is 0 Å². The zero-order valence-corrected chi connectivity index (χ0v) is 8.94. The fourth-order valence-corrected chi connectivity index (χ4v) is 0.780. The van der Waals surface area contributed by atoms with Gasteiger partial charge in [0.2, 0.25) is 0 Å². The second-order valence-electron chi connectivity index (χ2n) is 3.99. The Morgan fingerprint density at radius 1 is 1.47 bits per heavy atom. The van der Waals surface area contributed by atoms with Crippen molar-refractivity contribution in [3.05, 3.63) is 0 Å². The van der Waals surface area contributed by atoms with Crippen LogP contribution in [-0.2, 0) is 14.3 Å². The number of ether oxygens (including phenoxy) is 1. The number of carboxylic acids is 1. The van der Waals surface area contributed by atoms with Gasteiger partial charge in [0.05, 0.1) is 12.5 Å². The summed E-state index contributed by atoms with van der Waals surface area (Å²) in [6.45, 7) is 5.00. The Bertz CT molecular complexity index is 256. The average molecular weight is 217 g/mol. The van der Waals surface area contributed by atoms with Gasteiger partial charge in [-0.05, 0) is 20.8 Å². The summed E-state index contributed by atoms with van der Waals surface area (Å²) in [4.78, 5) is 31.8. The number of hydrogen-bond acceptors (Lipinski definition) is 4. The first kappa shape index (κ1) is 13.4. The molecule has 1 atom stereocenters. The molecule has 0 heterocycles. The quantitative estimate of drug-likeness (QED) is 0.671. The van der Waals surface area contributed by atoms with E-state index in [-0.39, 0.29) is 0 Å². The van der Waals surface area contributed by atoms with Gasteiger partial charge in [-0.2, -0.15) is 0 Å². The summed E-state index contributed by atoms with van der Waals surface area (Å²) in [5, 5.41) is 10.6. The molecule has 86 valence electrons. The molecule has 0 saturated heterocycles. The van der Waals surface area contributed by atoms with Gasteiger partial charge in [-0.25, -0.2) is 4.79 Å². The lowest BCUT2D eigenvalue weighted by Crippen LogP contribution is -2.41. The van der Waals surface area contributed by atoms with Gasteiger partial charge in [0.1, 0.15) is 11.9 Å². The molecule has 0 aromatic rings. The highest BCUT2D eigenvalue weighted by Gasteiger charge is 2.20. The Balaban J connectivity index is 4.13. The highest BCUT2D eigenvalue weighted by Crippen LogP contribution is 2.06.